The number of carbonyl (C=O) groups excluding carboxylic acids is 1. The molecule has 1 aromatic carbocycles. The van der Waals surface area contributed by atoms with Gasteiger partial charge in [-0.15, -0.1) is 0 Å². The van der Waals surface area contributed by atoms with Crippen molar-refractivity contribution in [3.8, 4) is 11.5 Å². The van der Waals surface area contributed by atoms with Crippen LogP contribution in [0, 0.1) is 0 Å². The summed E-state index contributed by atoms with van der Waals surface area (Å²) in [7, 11) is 0. The lowest BCUT2D eigenvalue weighted by Crippen LogP contribution is -2.16. The van der Waals surface area contributed by atoms with E-state index in [4.69, 9.17) is 9.47 Å². The summed E-state index contributed by atoms with van der Waals surface area (Å²) in [5.41, 5.74) is 0.767. The number of amides is 1. The lowest BCUT2D eigenvalue weighted by atomic mass is 10.0. The molecular weight excluding hydrogens is 246 g/mol. The molecule has 0 spiro atoms. The number of aliphatic hydroxyl groups excluding tert-OH is 1. The smallest absolute Gasteiger partial charge is 0.222 e. The van der Waals surface area contributed by atoms with Gasteiger partial charge in [0, 0.05) is 19.5 Å². The fraction of sp³-hybridized carbons (Fsp3) is 0.500. The average Bonchev–Trinajstić information content (AvgIpc) is 3.28. The Balaban J connectivity index is 1.62. The number of rotatable bonds is 4. The van der Waals surface area contributed by atoms with Crippen LogP contribution in [-0.2, 0) is 4.79 Å². The maximum atomic E-state index is 11.5. The van der Waals surface area contributed by atoms with Crippen molar-refractivity contribution in [2.75, 3.05) is 26.3 Å². The molecule has 3 rings (SSSR count). The van der Waals surface area contributed by atoms with Gasteiger partial charge in [-0.2, -0.15) is 0 Å². The molecule has 0 aromatic heterocycles. The van der Waals surface area contributed by atoms with Gasteiger partial charge in [0.2, 0.25) is 5.91 Å². The van der Waals surface area contributed by atoms with Crippen LogP contribution in [0.15, 0.2) is 18.2 Å². The number of hydrogen-bond acceptors (Lipinski definition) is 4. The van der Waals surface area contributed by atoms with Crippen LogP contribution >= 0.6 is 0 Å². The molecule has 1 saturated heterocycles. The van der Waals surface area contributed by atoms with E-state index in [1.54, 1.807) is 17.0 Å². The third-order valence-corrected chi connectivity index (χ3v) is 3.38. The highest BCUT2D eigenvalue weighted by molar-refractivity contribution is 5.78. The molecule has 1 fully saturated rings. The van der Waals surface area contributed by atoms with Crippen molar-refractivity contribution in [1.29, 1.82) is 0 Å². The second kappa shape index (κ2) is 5.09. The van der Waals surface area contributed by atoms with Crippen molar-refractivity contribution in [2.45, 2.75) is 18.9 Å². The van der Waals surface area contributed by atoms with Crippen LogP contribution < -0.4 is 9.47 Å². The average molecular weight is 263 g/mol. The van der Waals surface area contributed by atoms with Crippen LogP contribution in [0.2, 0.25) is 0 Å². The number of ether oxygens (including phenoxy) is 2. The highest BCUT2D eigenvalue weighted by atomic mass is 16.6. The first kappa shape index (κ1) is 12.3. The van der Waals surface area contributed by atoms with E-state index in [0.717, 1.165) is 18.7 Å². The van der Waals surface area contributed by atoms with Crippen molar-refractivity contribution >= 4 is 5.91 Å². The third-order valence-electron chi connectivity index (χ3n) is 3.38. The van der Waals surface area contributed by atoms with Gasteiger partial charge in [-0.1, -0.05) is 6.07 Å². The summed E-state index contributed by atoms with van der Waals surface area (Å²) in [5, 5.41) is 10.1. The maximum absolute atomic E-state index is 11.5. The molecule has 5 heteroatoms. The molecule has 1 amide bonds. The maximum Gasteiger partial charge on any atom is 0.222 e. The van der Waals surface area contributed by atoms with Gasteiger partial charge in [-0.05, 0) is 24.1 Å². The molecule has 1 aromatic rings. The molecule has 1 N–H and O–H groups in total. The van der Waals surface area contributed by atoms with E-state index in [9.17, 15) is 9.90 Å². The van der Waals surface area contributed by atoms with Gasteiger partial charge in [-0.25, -0.2) is 0 Å². The molecule has 102 valence electrons. The normalized spacial score (nSPS) is 18.1. The van der Waals surface area contributed by atoms with E-state index >= 15 is 0 Å². The number of fused-ring (bicyclic) bond motifs is 1. The largest absolute Gasteiger partial charge is 0.486 e. The predicted molar refractivity (Wildman–Crippen MR) is 68.2 cm³/mol. The quantitative estimate of drug-likeness (QED) is 0.827. The lowest BCUT2D eigenvalue weighted by molar-refractivity contribution is -0.126. The Bertz CT molecular complexity index is 484. The van der Waals surface area contributed by atoms with Crippen LogP contribution in [0.4, 0.5) is 0 Å². The minimum atomic E-state index is -0.639. The van der Waals surface area contributed by atoms with E-state index < -0.39 is 6.10 Å². The zero-order valence-corrected chi connectivity index (χ0v) is 10.7. The zero-order chi connectivity index (χ0) is 13.2. The van der Waals surface area contributed by atoms with Crippen LogP contribution in [0.1, 0.15) is 24.5 Å². The highest BCUT2D eigenvalue weighted by Crippen LogP contribution is 2.33. The van der Waals surface area contributed by atoms with E-state index in [0.29, 0.717) is 37.6 Å². The number of hydrogen-bond donors (Lipinski definition) is 1. The van der Waals surface area contributed by atoms with Gasteiger partial charge >= 0.3 is 0 Å². The Morgan fingerprint density at radius 2 is 2.00 bits per heavy atom. The van der Waals surface area contributed by atoms with Crippen LogP contribution in [0.5, 0.6) is 11.5 Å². The second-order valence-corrected chi connectivity index (χ2v) is 4.84. The molecule has 0 radical (unpaired) electrons. The Morgan fingerprint density at radius 3 is 2.74 bits per heavy atom. The zero-order valence-electron chi connectivity index (χ0n) is 10.7. The molecule has 0 bridgehead atoms. The van der Waals surface area contributed by atoms with Gasteiger partial charge in [-0.3, -0.25) is 4.79 Å². The molecule has 0 saturated carbocycles. The number of aliphatic hydroxyl groups is 1. The summed E-state index contributed by atoms with van der Waals surface area (Å²) in [6.45, 7) is 2.80. The molecule has 19 heavy (non-hydrogen) atoms. The Morgan fingerprint density at radius 1 is 1.26 bits per heavy atom. The molecule has 2 aliphatic heterocycles. The highest BCUT2D eigenvalue weighted by Gasteiger charge is 2.24. The molecule has 1 atom stereocenters. The van der Waals surface area contributed by atoms with Crippen molar-refractivity contribution < 1.29 is 19.4 Å². The summed E-state index contributed by atoms with van der Waals surface area (Å²) >= 11 is 0. The summed E-state index contributed by atoms with van der Waals surface area (Å²) in [6.07, 6.45) is 0.185. The number of benzene rings is 1. The fourth-order valence-electron chi connectivity index (χ4n) is 2.15. The van der Waals surface area contributed by atoms with E-state index in [1.807, 2.05) is 6.07 Å². The van der Waals surface area contributed by atoms with Crippen molar-refractivity contribution in [1.82, 2.24) is 4.90 Å². The molecular formula is C14H17NO4. The minimum Gasteiger partial charge on any atom is -0.486 e. The van der Waals surface area contributed by atoms with Crippen molar-refractivity contribution in [3.05, 3.63) is 23.8 Å². The number of nitrogens with zero attached hydrogens (tertiary/aromatic N) is 1. The monoisotopic (exact) mass is 263 g/mol. The summed E-state index contributed by atoms with van der Waals surface area (Å²) in [4.78, 5) is 13.3. The molecule has 1 unspecified atom stereocenters. The summed E-state index contributed by atoms with van der Waals surface area (Å²) in [5.74, 6) is 1.50. The first-order valence-corrected chi connectivity index (χ1v) is 6.59. The Labute approximate surface area is 111 Å². The Hall–Kier alpha value is -1.75. The van der Waals surface area contributed by atoms with Crippen molar-refractivity contribution in [2.24, 2.45) is 0 Å². The fourth-order valence-corrected chi connectivity index (χ4v) is 2.15. The van der Waals surface area contributed by atoms with Crippen molar-refractivity contribution in [3.63, 3.8) is 0 Å². The summed E-state index contributed by atoms with van der Waals surface area (Å²) < 4.78 is 10.9. The van der Waals surface area contributed by atoms with E-state index in [1.165, 1.54) is 0 Å². The first-order valence-electron chi connectivity index (χ1n) is 6.59. The van der Waals surface area contributed by atoms with Crippen LogP contribution in [0.25, 0.3) is 0 Å². The number of carbonyl (C=O) groups is 1. The SMILES string of the molecule is O=C(CCC(O)c1ccc2c(c1)OCCO2)N1CC1. The van der Waals surface area contributed by atoms with Crippen LogP contribution in [-0.4, -0.2) is 42.2 Å². The minimum absolute atomic E-state index is 0.122. The standard InChI is InChI=1S/C14H17NO4/c16-11(2-4-14(17)15-5-6-15)10-1-3-12-13(9-10)19-8-7-18-12/h1,3,9,11,16H,2,4-8H2. The van der Waals surface area contributed by atoms with Gasteiger partial charge in [0.05, 0.1) is 6.10 Å². The van der Waals surface area contributed by atoms with Gasteiger partial charge in [0.25, 0.3) is 0 Å². The van der Waals surface area contributed by atoms with Gasteiger partial charge in [0.15, 0.2) is 11.5 Å². The first-order chi connectivity index (χ1) is 9.24. The Kier molecular flexibility index (Phi) is 3.29. The molecule has 2 aliphatic rings. The van der Waals surface area contributed by atoms with Gasteiger partial charge < -0.3 is 19.5 Å². The van der Waals surface area contributed by atoms with E-state index in [2.05, 4.69) is 0 Å². The lowest BCUT2D eigenvalue weighted by Gasteiger charge is -2.20. The predicted octanol–water partition coefficient (Wildman–Crippen LogP) is 1.11. The summed E-state index contributed by atoms with van der Waals surface area (Å²) in [6, 6.07) is 5.42. The topological polar surface area (TPSA) is 58.8 Å². The molecule has 2 heterocycles. The second-order valence-electron chi connectivity index (χ2n) is 4.84. The van der Waals surface area contributed by atoms with E-state index in [-0.39, 0.29) is 5.91 Å². The van der Waals surface area contributed by atoms with Crippen LogP contribution in [0.3, 0.4) is 0 Å². The molecule has 5 nitrogen and oxygen atoms in total. The van der Waals surface area contributed by atoms with Gasteiger partial charge in [0.1, 0.15) is 13.2 Å². The third kappa shape index (κ3) is 2.81. The molecule has 0 aliphatic carbocycles.